The van der Waals surface area contributed by atoms with Gasteiger partial charge >= 0.3 is 11.9 Å². The zero-order valence-corrected chi connectivity index (χ0v) is 19.5. The van der Waals surface area contributed by atoms with E-state index in [9.17, 15) is 14.7 Å². The highest BCUT2D eigenvalue weighted by Crippen LogP contribution is 2.63. The molecule has 13 nitrogen and oxygen atoms in total. The van der Waals surface area contributed by atoms with Crippen LogP contribution in [0.2, 0.25) is 0 Å². The van der Waals surface area contributed by atoms with Gasteiger partial charge in [0.1, 0.15) is 6.10 Å². The summed E-state index contributed by atoms with van der Waals surface area (Å²) in [5, 5.41) is 43.2. The molecular formula is C22H35NO12. The highest BCUT2D eigenvalue weighted by Gasteiger charge is 2.65. The number of benzene rings is 1. The largest absolute Gasteiger partial charge is 0.493 e. The molecule has 2 aliphatic carbocycles. The van der Waals surface area contributed by atoms with Gasteiger partial charge < -0.3 is 56.3 Å². The first-order valence-corrected chi connectivity index (χ1v) is 10.7. The summed E-state index contributed by atoms with van der Waals surface area (Å²) in [6.07, 6.45) is -0.841. The molecule has 35 heavy (non-hydrogen) atoms. The van der Waals surface area contributed by atoms with Crippen molar-refractivity contribution in [1.29, 1.82) is 0 Å². The van der Waals surface area contributed by atoms with Crippen molar-refractivity contribution in [1.82, 2.24) is 4.90 Å². The molecule has 1 saturated heterocycles. The second-order valence-electron chi connectivity index (χ2n) is 9.03. The Morgan fingerprint density at radius 3 is 2.26 bits per heavy atom. The van der Waals surface area contributed by atoms with Crippen LogP contribution in [0.5, 0.6) is 11.5 Å². The maximum absolute atomic E-state index is 10.6. The van der Waals surface area contributed by atoms with Gasteiger partial charge in [0.15, 0.2) is 23.7 Å². The van der Waals surface area contributed by atoms with Gasteiger partial charge in [-0.15, -0.1) is 0 Å². The zero-order chi connectivity index (χ0) is 23.4. The van der Waals surface area contributed by atoms with Gasteiger partial charge in [-0.05, 0) is 56.8 Å². The van der Waals surface area contributed by atoms with E-state index in [0.29, 0.717) is 12.0 Å². The number of piperidine rings is 1. The Bertz CT molecular complexity index is 908. The van der Waals surface area contributed by atoms with E-state index in [2.05, 4.69) is 18.0 Å². The monoisotopic (exact) mass is 505 g/mol. The van der Waals surface area contributed by atoms with Crippen molar-refractivity contribution in [2.24, 2.45) is 5.92 Å². The molecule has 4 aliphatic rings. The average Bonchev–Trinajstić information content (AvgIpc) is 3.12. The molecule has 13 heteroatoms. The third kappa shape index (κ3) is 4.56. The van der Waals surface area contributed by atoms with Crippen LogP contribution < -0.4 is 9.47 Å². The third-order valence-corrected chi connectivity index (χ3v) is 7.57. The quantitative estimate of drug-likeness (QED) is 0.279. The van der Waals surface area contributed by atoms with Gasteiger partial charge in [-0.3, -0.25) is 0 Å². The fourth-order valence-corrected chi connectivity index (χ4v) is 6.13. The number of methoxy groups -OCH3 is 1. The molecule has 7 atom stereocenters. The number of likely N-dealkylation sites (tertiary alicyclic amines) is 1. The first-order chi connectivity index (χ1) is 15.1. The first kappa shape index (κ1) is 30.5. The van der Waals surface area contributed by atoms with Crippen molar-refractivity contribution in [3.8, 4) is 11.5 Å². The van der Waals surface area contributed by atoms with Crippen molar-refractivity contribution in [3.63, 3.8) is 0 Å². The molecular weight excluding hydrogens is 470 g/mol. The predicted molar refractivity (Wildman–Crippen MR) is 121 cm³/mol. The van der Waals surface area contributed by atoms with Gasteiger partial charge in [-0.1, -0.05) is 6.07 Å². The van der Waals surface area contributed by atoms with E-state index >= 15 is 0 Å². The maximum atomic E-state index is 10.6. The van der Waals surface area contributed by atoms with Crippen molar-refractivity contribution >= 4 is 11.9 Å². The Morgan fingerprint density at radius 1 is 1.11 bits per heavy atom. The Balaban J connectivity index is 0.000000413. The van der Waals surface area contributed by atoms with E-state index in [1.165, 1.54) is 11.1 Å². The standard InChI is InChI=1S/C18H23NO3.C4H6O6.3H2O/c1-19-8-7-18-11-4-5-13(20)17(18)22-16-14(21-2)6-3-10(15(16)18)9-12(11)19;5-1(3(7)8)2(6)4(9)10;;;/h3,6,11-13,17,20H,4-5,7-9H2,1-2H3;1-2,5-6H,(H,7,8)(H,9,10);3*1H2/t11-,12+,13+,17-,18-;1-,2-;;;/m01.../s1. The number of rotatable bonds is 4. The van der Waals surface area contributed by atoms with E-state index in [1.54, 1.807) is 7.11 Å². The summed E-state index contributed by atoms with van der Waals surface area (Å²) in [7, 11) is 3.96. The number of aliphatic hydroxyl groups is 3. The maximum Gasteiger partial charge on any atom is 0.335 e. The van der Waals surface area contributed by atoms with Gasteiger partial charge in [0.25, 0.3) is 0 Å². The van der Waals surface area contributed by atoms with Crippen LogP contribution in [0, 0.1) is 5.92 Å². The Hall–Kier alpha value is -2.52. The molecule has 1 saturated carbocycles. The molecule has 1 spiro atoms. The van der Waals surface area contributed by atoms with Crippen LogP contribution in [0.15, 0.2) is 12.1 Å². The number of ether oxygens (including phenoxy) is 2. The number of hydrogen-bond donors (Lipinski definition) is 5. The van der Waals surface area contributed by atoms with Crippen LogP contribution in [0.4, 0.5) is 0 Å². The molecule has 0 amide bonds. The van der Waals surface area contributed by atoms with Gasteiger partial charge in [-0.25, -0.2) is 9.59 Å². The van der Waals surface area contributed by atoms with E-state index in [-0.39, 0.29) is 34.1 Å². The van der Waals surface area contributed by atoms with Crippen LogP contribution in [0.1, 0.15) is 30.4 Å². The number of likely N-dealkylation sites (N-methyl/N-ethyl adjacent to an activating group) is 1. The highest BCUT2D eigenvalue weighted by molar-refractivity contribution is 5.83. The molecule has 11 N–H and O–H groups in total. The zero-order valence-electron chi connectivity index (χ0n) is 19.5. The van der Waals surface area contributed by atoms with Crippen LogP contribution in [0.3, 0.4) is 0 Å². The summed E-state index contributed by atoms with van der Waals surface area (Å²) in [4.78, 5) is 22.1. The molecule has 2 heterocycles. The molecule has 1 aromatic carbocycles. The second-order valence-corrected chi connectivity index (χ2v) is 9.03. The van der Waals surface area contributed by atoms with Gasteiger partial charge in [-0.2, -0.15) is 0 Å². The number of hydrogen-bond acceptors (Lipinski definition) is 8. The second kappa shape index (κ2) is 11.0. The number of carboxylic acids is 2. The van der Waals surface area contributed by atoms with Crippen LogP contribution in [-0.2, 0) is 21.4 Å². The van der Waals surface area contributed by atoms with Gasteiger partial charge in [0.05, 0.1) is 13.2 Å². The number of aliphatic carboxylic acids is 2. The SMILES string of the molecule is COc1ccc2c3c1O[C@H]1[C@H](O)CC[C@H]4[C@@H](C2)N(C)CC[C@@]341.O.O.O.O=C(O)[C@H](O)[C@@H](O)C(=O)O. The van der Waals surface area contributed by atoms with E-state index in [1.807, 2.05) is 6.07 Å². The lowest BCUT2D eigenvalue weighted by atomic mass is 9.51. The molecule has 5 rings (SSSR count). The fraction of sp³-hybridized carbons (Fsp3) is 0.636. The summed E-state index contributed by atoms with van der Waals surface area (Å²) in [6, 6.07) is 4.83. The molecule has 0 aromatic heterocycles. The van der Waals surface area contributed by atoms with E-state index in [4.69, 9.17) is 29.9 Å². The summed E-state index contributed by atoms with van der Waals surface area (Å²) in [6.45, 7) is 1.09. The summed E-state index contributed by atoms with van der Waals surface area (Å²) in [5.74, 6) is -1.20. The summed E-state index contributed by atoms with van der Waals surface area (Å²) < 4.78 is 11.9. The third-order valence-electron chi connectivity index (χ3n) is 7.57. The minimum atomic E-state index is -2.27. The molecule has 200 valence electrons. The van der Waals surface area contributed by atoms with E-state index in [0.717, 1.165) is 43.7 Å². The Labute approximate surface area is 201 Å². The molecule has 1 aromatic rings. The van der Waals surface area contributed by atoms with Gasteiger partial charge in [0.2, 0.25) is 0 Å². The molecule has 2 fully saturated rings. The van der Waals surface area contributed by atoms with Crippen molar-refractivity contribution in [3.05, 3.63) is 23.3 Å². The number of aliphatic hydroxyl groups excluding tert-OH is 3. The molecule has 2 aliphatic heterocycles. The lowest BCUT2D eigenvalue weighted by Crippen LogP contribution is -2.66. The topological polar surface area (TPSA) is 251 Å². The predicted octanol–water partition coefficient (Wildman–Crippen LogP) is -2.87. The molecule has 2 bridgehead atoms. The fourth-order valence-electron chi connectivity index (χ4n) is 6.13. The van der Waals surface area contributed by atoms with Crippen LogP contribution >= 0.6 is 0 Å². The van der Waals surface area contributed by atoms with Crippen LogP contribution in [0.25, 0.3) is 0 Å². The number of carbonyl (C=O) groups is 2. The number of carboxylic acid groups (broad SMARTS) is 2. The number of nitrogens with zero attached hydrogens (tertiary/aromatic N) is 1. The van der Waals surface area contributed by atoms with Crippen molar-refractivity contribution in [2.75, 3.05) is 20.7 Å². The van der Waals surface area contributed by atoms with Crippen molar-refractivity contribution in [2.45, 2.75) is 61.6 Å². The van der Waals surface area contributed by atoms with Gasteiger partial charge in [0, 0.05) is 17.0 Å². The molecule has 0 radical (unpaired) electrons. The lowest BCUT2D eigenvalue weighted by Gasteiger charge is -2.58. The first-order valence-electron chi connectivity index (χ1n) is 10.7. The minimum absolute atomic E-state index is 0. The smallest absolute Gasteiger partial charge is 0.335 e. The Kier molecular flexibility index (Phi) is 9.62. The Morgan fingerprint density at radius 2 is 1.71 bits per heavy atom. The minimum Gasteiger partial charge on any atom is -0.493 e. The van der Waals surface area contributed by atoms with E-state index < -0.39 is 24.1 Å². The molecule has 0 unspecified atom stereocenters. The summed E-state index contributed by atoms with van der Waals surface area (Å²) in [5.41, 5.74) is 2.77. The van der Waals surface area contributed by atoms with Crippen LogP contribution in [-0.4, -0.2) is 110 Å². The summed E-state index contributed by atoms with van der Waals surface area (Å²) >= 11 is 0. The normalized spacial score (nSPS) is 30.8. The average molecular weight is 506 g/mol. The van der Waals surface area contributed by atoms with Crippen molar-refractivity contribution < 1.29 is 61.0 Å². The lowest BCUT2D eigenvalue weighted by molar-refractivity contribution is -0.165. The highest BCUT2D eigenvalue weighted by atomic mass is 16.5.